The third kappa shape index (κ3) is 3.92. The number of nitrogens with one attached hydrogen (secondary N) is 1. The van der Waals surface area contributed by atoms with Gasteiger partial charge in [-0.05, 0) is 43.4 Å². The number of rotatable bonds is 7. The van der Waals surface area contributed by atoms with Crippen molar-refractivity contribution in [2.24, 2.45) is 13.0 Å². The second-order valence-electron chi connectivity index (χ2n) is 6.03. The van der Waals surface area contributed by atoms with Crippen LogP contribution in [0.15, 0.2) is 36.7 Å². The Morgan fingerprint density at radius 3 is 2.70 bits per heavy atom. The highest BCUT2D eigenvalue weighted by Gasteiger charge is 2.35. The van der Waals surface area contributed by atoms with Gasteiger partial charge in [-0.2, -0.15) is 0 Å². The van der Waals surface area contributed by atoms with E-state index in [0.29, 0.717) is 18.9 Å². The normalized spacial score (nSPS) is 15.2. The van der Waals surface area contributed by atoms with Crippen molar-refractivity contribution in [1.82, 2.24) is 14.9 Å². The number of carbonyl (C=O) groups excluding carboxylic acids is 1. The van der Waals surface area contributed by atoms with Gasteiger partial charge in [0.25, 0.3) is 0 Å². The van der Waals surface area contributed by atoms with E-state index in [1.165, 1.54) is 0 Å². The largest absolute Gasteiger partial charge is 0.494 e. The van der Waals surface area contributed by atoms with E-state index in [0.717, 1.165) is 30.0 Å². The Hall–Kier alpha value is -2.30. The lowest BCUT2D eigenvalue weighted by molar-refractivity contribution is -0.121. The summed E-state index contributed by atoms with van der Waals surface area (Å²) in [6.45, 7) is 2.60. The zero-order valence-electron chi connectivity index (χ0n) is 13.7. The van der Waals surface area contributed by atoms with Crippen LogP contribution in [-0.4, -0.2) is 22.1 Å². The van der Waals surface area contributed by atoms with Crippen molar-refractivity contribution in [2.75, 3.05) is 6.61 Å². The summed E-state index contributed by atoms with van der Waals surface area (Å²) >= 11 is 0. The standard InChI is InChI=1S/C18H23N3O2/c1-3-23-15-8-4-13(5-9-15)12-16(22)20-17(14-6-7-14)18-19-10-11-21(18)2/h4-5,8-11,14,17H,3,6-7,12H2,1-2H3,(H,20,22). The van der Waals surface area contributed by atoms with E-state index in [1.54, 1.807) is 6.20 Å². The number of nitrogens with zero attached hydrogens (tertiary/aromatic N) is 2. The molecule has 1 N–H and O–H groups in total. The fourth-order valence-corrected chi connectivity index (χ4v) is 2.78. The Morgan fingerprint density at radius 2 is 2.13 bits per heavy atom. The number of ether oxygens (including phenoxy) is 1. The topological polar surface area (TPSA) is 56.1 Å². The SMILES string of the molecule is CCOc1ccc(CC(=O)NC(c2nccn2C)C2CC2)cc1. The summed E-state index contributed by atoms with van der Waals surface area (Å²) in [5.41, 5.74) is 0.986. The van der Waals surface area contributed by atoms with Gasteiger partial charge >= 0.3 is 0 Å². The molecule has 1 heterocycles. The summed E-state index contributed by atoms with van der Waals surface area (Å²) in [7, 11) is 1.97. The van der Waals surface area contributed by atoms with Crippen LogP contribution in [0.2, 0.25) is 0 Å². The predicted octanol–water partition coefficient (Wildman–Crippen LogP) is 2.63. The van der Waals surface area contributed by atoms with Crippen molar-refractivity contribution in [3.8, 4) is 5.75 Å². The molecule has 0 bridgehead atoms. The molecule has 1 aromatic carbocycles. The minimum absolute atomic E-state index is 0.0187. The molecular weight excluding hydrogens is 290 g/mol. The molecule has 1 aliphatic carbocycles. The van der Waals surface area contributed by atoms with Gasteiger partial charge in [-0.3, -0.25) is 4.79 Å². The number of hydrogen-bond acceptors (Lipinski definition) is 3. The van der Waals surface area contributed by atoms with Crippen LogP contribution in [-0.2, 0) is 18.3 Å². The summed E-state index contributed by atoms with van der Waals surface area (Å²) in [6.07, 6.45) is 6.38. The summed E-state index contributed by atoms with van der Waals surface area (Å²) in [5.74, 6) is 2.32. The molecule has 1 fully saturated rings. The first-order chi connectivity index (χ1) is 11.2. The Kier molecular flexibility index (Phi) is 4.65. The predicted molar refractivity (Wildman–Crippen MR) is 88.1 cm³/mol. The van der Waals surface area contributed by atoms with Gasteiger partial charge in [0.05, 0.1) is 19.1 Å². The summed E-state index contributed by atoms with van der Waals surface area (Å²) in [5, 5.41) is 3.16. The molecule has 0 spiro atoms. The van der Waals surface area contributed by atoms with Crippen molar-refractivity contribution < 1.29 is 9.53 Å². The van der Waals surface area contributed by atoms with Gasteiger partial charge in [-0.25, -0.2) is 4.98 Å². The van der Waals surface area contributed by atoms with Crippen LogP contribution in [0.3, 0.4) is 0 Å². The highest BCUT2D eigenvalue weighted by atomic mass is 16.5. The molecule has 1 aromatic heterocycles. The van der Waals surface area contributed by atoms with Gasteiger partial charge in [0, 0.05) is 19.4 Å². The smallest absolute Gasteiger partial charge is 0.225 e. The van der Waals surface area contributed by atoms with Gasteiger partial charge in [-0.1, -0.05) is 12.1 Å². The Bertz CT molecular complexity index is 659. The first kappa shape index (κ1) is 15.6. The second-order valence-corrected chi connectivity index (χ2v) is 6.03. The molecule has 5 nitrogen and oxygen atoms in total. The molecule has 1 unspecified atom stereocenters. The van der Waals surface area contributed by atoms with Gasteiger partial charge in [0.1, 0.15) is 11.6 Å². The molecule has 1 amide bonds. The van der Waals surface area contributed by atoms with Crippen LogP contribution in [0.25, 0.3) is 0 Å². The molecule has 122 valence electrons. The van der Waals surface area contributed by atoms with Crippen LogP contribution < -0.4 is 10.1 Å². The van der Waals surface area contributed by atoms with E-state index in [4.69, 9.17) is 4.74 Å². The number of hydrogen-bond donors (Lipinski definition) is 1. The fourth-order valence-electron chi connectivity index (χ4n) is 2.78. The van der Waals surface area contributed by atoms with E-state index in [-0.39, 0.29) is 11.9 Å². The minimum atomic E-state index is 0.0187. The van der Waals surface area contributed by atoms with Crippen LogP contribution in [0.1, 0.15) is 37.2 Å². The van der Waals surface area contributed by atoms with Gasteiger partial charge in [0.15, 0.2) is 0 Å². The van der Waals surface area contributed by atoms with E-state index >= 15 is 0 Å². The molecule has 0 aliphatic heterocycles. The first-order valence-electron chi connectivity index (χ1n) is 8.15. The zero-order chi connectivity index (χ0) is 16.2. The Balaban J connectivity index is 1.62. The van der Waals surface area contributed by atoms with E-state index in [9.17, 15) is 4.79 Å². The second kappa shape index (κ2) is 6.86. The third-order valence-corrected chi connectivity index (χ3v) is 4.15. The molecule has 23 heavy (non-hydrogen) atoms. The molecule has 5 heteroatoms. The van der Waals surface area contributed by atoms with Crippen molar-refractivity contribution >= 4 is 5.91 Å². The van der Waals surface area contributed by atoms with Crippen LogP contribution in [0, 0.1) is 5.92 Å². The highest BCUT2D eigenvalue weighted by Crippen LogP contribution is 2.40. The minimum Gasteiger partial charge on any atom is -0.494 e. The van der Waals surface area contributed by atoms with Gasteiger partial charge in [0.2, 0.25) is 5.91 Å². The first-order valence-corrected chi connectivity index (χ1v) is 8.15. The van der Waals surface area contributed by atoms with Gasteiger partial charge in [-0.15, -0.1) is 0 Å². The van der Waals surface area contributed by atoms with Crippen molar-refractivity contribution in [3.63, 3.8) is 0 Å². The van der Waals surface area contributed by atoms with E-state index < -0.39 is 0 Å². The Labute approximate surface area is 136 Å². The third-order valence-electron chi connectivity index (χ3n) is 4.15. The maximum atomic E-state index is 12.4. The van der Waals surface area contributed by atoms with Crippen LogP contribution >= 0.6 is 0 Å². The van der Waals surface area contributed by atoms with Gasteiger partial charge < -0.3 is 14.6 Å². The Morgan fingerprint density at radius 1 is 1.39 bits per heavy atom. The molecule has 2 aromatic rings. The lowest BCUT2D eigenvalue weighted by atomic mass is 10.1. The summed E-state index contributed by atoms with van der Waals surface area (Å²) < 4.78 is 7.41. The molecular formula is C18H23N3O2. The average molecular weight is 313 g/mol. The molecule has 1 aliphatic rings. The lowest BCUT2D eigenvalue weighted by Gasteiger charge is -2.18. The zero-order valence-corrected chi connectivity index (χ0v) is 13.7. The number of aryl methyl sites for hydroxylation is 1. The number of imidazole rings is 1. The quantitative estimate of drug-likeness (QED) is 0.855. The van der Waals surface area contributed by atoms with E-state index in [2.05, 4.69) is 10.3 Å². The lowest BCUT2D eigenvalue weighted by Crippen LogP contribution is -2.32. The maximum Gasteiger partial charge on any atom is 0.225 e. The summed E-state index contributed by atoms with van der Waals surface area (Å²) in [4.78, 5) is 16.8. The molecule has 0 saturated heterocycles. The molecule has 3 rings (SSSR count). The average Bonchev–Trinajstić information content (AvgIpc) is 3.29. The van der Waals surface area contributed by atoms with Crippen LogP contribution in [0.4, 0.5) is 0 Å². The molecule has 1 saturated carbocycles. The van der Waals surface area contributed by atoms with E-state index in [1.807, 2.05) is 49.0 Å². The maximum absolute atomic E-state index is 12.4. The number of carbonyl (C=O) groups is 1. The molecule has 1 atom stereocenters. The monoisotopic (exact) mass is 313 g/mol. The van der Waals surface area contributed by atoms with Crippen LogP contribution in [0.5, 0.6) is 5.75 Å². The summed E-state index contributed by atoms with van der Waals surface area (Å²) in [6, 6.07) is 7.71. The number of aromatic nitrogens is 2. The number of benzene rings is 1. The highest BCUT2D eigenvalue weighted by molar-refractivity contribution is 5.79. The van der Waals surface area contributed by atoms with Crippen molar-refractivity contribution in [3.05, 3.63) is 48.0 Å². The fraction of sp³-hybridized carbons (Fsp3) is 0.444. The van der Waals surface area contributed by atoms with Crippen molar-refractivity contribution in [2.45, 2.75) is 32.2 Å². The van der Waals surface area contributed by atoms with Crippen molar-refractivity contribution in [1.29, 1.82) is 0 Å². The molecule has 0 radical (unpaired) electrons. The number of amides is 1.